The van der Waals surface area contributed by atoms with E-state index in [-0.39, 0.29) is 23.5 Å². The summed E-state index contributed by atoms with van der Waals surface area (Å²) in [6, 6.07) is 0. The largest absolute Gasteiger partial charge is 0.442 e. The van der Waals surface area contributed by atoms with Crippen molar-refractivity contribution in [1.82, 2.24) is 10.4 Å². The predicted molar refractivity (Wildman–Crippen MR) is 80.9 cm³/mol. The van der Waals surface area contributed by atoms with E-state index in [1.165, 1.54) is 13.8 Å². The van der Waals surface area contributed by atoms with Crippen LogP contribution < -0.4 is 5.32 Å². The molecule has 0 aromatic rings. The highest BCUT2D eigenvalue weighted by atomic mass is 32.2. The summed E-state index contributed by atoms with van der Waals surface area (Å²) in [4.78, 5) is 45.1. The Hall–Kier alpha value is -2.61. The molecule has 14 heteroatoms. The lowest BCUT2D eigenvalue weighted by molar-refractivity contribution is -0.165. The Morgan fingerprint density at radius 2 is 1.81 bits per heavy atom. The maximum atomic E-state index is 13.8. The third kappa shape index (κ3) is 5.96. The second-order valence-electron chi connectivity index (χ2n) is 5.30. The molecule has 1 aliphatic heterocycles. The molecule has 27 heavy (non-hydrogen) atoms. The first-order valence-electron chi connectivity index (χ1n) is 7.24. The average Bonchev–Trinajstić information content (AvgIpc) is 2.84. The van der Waals surface area contributed by atoms with Crippen LogP contribution in [0.25, 0.3) is 0 Å². The van der Waals surface area contributed by atoms with Crippen LogP contribution in [-0.2, 0) is 38.3 Å². The van der Waals surface area contributed by atoms with Gasteiger partial charge in [0.15, 0.2) is 12.8 Å². The fraction of sp³-hybridized carbons (Fsp3) is 0.538. The Bertz CT molecular complexity index is 750. The average molecular weight is 414 g/mol. The maximum Gasteiger partial charge on any atom is 0.410 e. The van der Waals surface area contributed by atoms with E-state index in [9.17, 15) is 36.4 Å². The van der Waals surface area contributed by atoms with Crippen molar-refractivity contribution >= 4 is 34.0 Å². The molecule has 1 heterocycles. The number of imide groups is 1. The number of alkyl halides is 2. The molecule has 1 unspecified atom stereocenters. The van der Waals surface area contributed by atoms with Crippen LogP contribution in [0.15, 0.2) is 12.2 Å². The highest BCUT2D eigenvalue weighted by Gasteiger charge is 2.51. The van der Waals surface area contributed by atoms with Gasteiger partial charge in [-0.05, 0) is 13.8 Å². The summed E-state index contributed by atoms with van der Waals surface area (Å²) in [5.74, 6) is -3.08. The van der Waals surface area contributed by atoms with Crippen molar-refractivity contribution in [2.24, 2.45) is 0 Å². The van der Waals surface area contributed by atoms with Crippen LogP contribution in [0.3, 0.4) is 0 Å². The van der Waals surface area contributed by atoms with Crippen molar-refractivity contribution in [2.45, 2.75) is 38.2 Å². The fourth-order valence-electron chi connectivity index (χ4n) is 1.51. The summed E-state index contributed by atoms with van der Waals surface area (Å²) < 4.78 is 63.1. The second-order valence-corrected chi connectivity index (χ2v) is 6.95. The molecule has 3 amide bonds. The quantitative estimate of drug-likeness (QED) is 0.254. The zero-order chi connectivity index (χ0) is 21.0. The van der Waals surface area contributed by atoms with E-state index in [2.05, 4.69) is 20.3 Å². The van der Waals surface area contributed by atoms with Gasteiger partial charge in [0.2, 0.25) is 0 Å². The van der Waals surface area contributed by atoms with Crippen molar-refractivity contribution in [2.75, 3.05) is 6.61 Å². The standard InChI is InChI=1S/C13H16F2N2O9S/c1-7(2)11(20)25-8(3)16-12(21)24-6-13(14,15)27(22,23)26-17-9(18)4-5-10(17)19/h8H,1,4-6H2,2-3H3,(H,16,21). The zero-order valence-electron chi connectivity index (χ0n) is 14.2. The van der Waals surface area contributed by atoms with Gasteiger partial charge in [-0.15, -0.1) is 9.35 Å². The van der Waals surface area contributed by atoms with Crippen molar-refractivity contribution < 1.29 is 50.1 Å². The normalized spacial score (nSPS) is 16.1. The van der Waals surface area contributed by atoms with Crippen molar-refractivity contribution in [3.05, 3.63) is 12.2 Å². The van der Waals surface area contributed by atoms with Gasteiger partial charge in [0, 0.05) is 18.4 Å². The summed E-state index contributed by atoms with van der Waals surface area (Å²) in [6.07, 6.45) is -3.59. The van der Waals surface area contributed by atoms with E-state index in [0.29, 0.717) is 0 Å². The number of alkyl carbamates (subject to hydrolysis) is 1. The fourth-order valence-corrected chi connectivity index (χ4v) is 2.19. The van der Waals surface area contributed by atoms with Gasteiger partial charge in [0.1, 0.15) is 0 Å². The molecule has 0 saturated carbocycles. The number of nitrogens with zero attached hydrogens (tertiary/aromatic N) is 1. The third-order valence-electron chi connectivity index (χ3n) is 2.87. The minimum atomic E-state index is -5.81. The van der Waals surface area contributed by atoms with E-state index >= 15 is 0 Å². The van der Waals surface area contributed by atoms with E-state index < -0.39 is 52.1 Å². The number of hydrogen-bond acceptors (Lipinski definition) is 9. The van der Waals surface area contributed by atoms with Gasteiger partial charge in [-0.3, -0.25) is 14.9 Å². The van der Waals surface area contributed by atoms with Crippen LogP contribution in [0, 0.1) is 0 Å². The molecule has 0 bridgehead atoms. The molecular formula is C13H16F2N2O9S. The number of hydroxylamine groups is 2. The predicted octanol–water partition coefficient (Wildman–Crippen LogP) is 0.181. The lowest BCUT2D eigenvalue weighted by Crippen LogP contribution is -2.44. The molecule has 1 saturated heterocycles. The molecule has 11 nitrogen and oxygen atoms in total. The molecule has 1 N–H and O–H groups in total. The lowest BCUT2D eigenvalue weighted by Gasteiger charge is -2.20. The molecule has 1 atom stereocenters. The topological polar surface area (TPSA) is 145 Å². The number of esters is 1. The number of ether oxygens (including phenoxy) is 2. The van der Waals surface area contributed by atoms with Crippen molar-refractivity contribution in [3.63, 3.8) is 0 Å². The molecule has 152 valence electrons. The van der Waals surface area contributed by atoms with Crippen LogP contribution in [0.4, 0.5) is 13.6 Å². The molecule has 1 rings (SSSR count). The molecule has 0 aliphatic carbocycles. The second kappa shape index (κ2) is 8.39. The maximum absolute atomic E-state index is 13.8. The van der Waals surface area contributed by atoms with Crippen molar-refractivity contribution in [3.8, 4) is 0 Å². The number of hydrogen-bond donors (Lipinski definition) is 1. The SMILES string of the molecule is C=C(C)C(=O)OC(C)NC(=O)OCC(F)(F)S(=O)(=O)ON1C(=O)CCC1=O. The van der Waals surface area contributed by atoms with Crippen molar-refractivity contribution in [1.29, 1.82) is 0 Å². The Balaban J connectivity index is 2.61. The number of carbonyl (C=O) groups is 4. The molecular weight excluding hydrogens is 398 g/mol. The Kier molecular flexibility index (Phi) is 6.97. The summed E-state index contributed by atoms with van der Waals surface area (Å²) in [7, 11) is -5.81. The molecule has 1 aliphatic rings. The first-order chi connectivity index (χ1) is 12.3. The van der Waals surface area contributed by atoms with Crippen LogP contribution in [-0.4, -0.2) is 55.4 Å². The first kappa shape index (κ1) is 22.4. The number of amides is 3. The molecule has 0 aromatic heterocycles. The van der Waals surface area contributed by atoms with Gasteiger partial charge in [-0.25, -0.2) is 9.59 Å². The zero-order valence-corrected chi connectivity index (χ0v) is 15.0. The van der Waals surface area contributed by atoms with E-state index in [4.69, 9.17) is 0 Å². The van der Waals surface area contributed by atoms with Gasteiger partial charge in [0.05, 0.1) is 0 Å². The Morgan fingerprint density at radius 1 is 1.30 bits per heavy atom. The summed E-state index contributed by atoms with van der Waals surface area (Å²) in [6.45, 7) is 3.80. The smallest absolute Gasteiger partial charge is 0.410 e. The molecule has 0 spiro atoms. The summed E-state index contributed by atoms with van der Waals surface area (Å²) in [5.41, 5.74) is 0.0119. The highest BCUT2D eigenvalue weighted by molar-refractivity contribution is 7.87. The van der Waals surface area contributed by atoms with Gasteiger partial charge in [-0.2, -0.15) is 17.2 Å². The number of nitrogens with one attached hydrogen (secondary N) is 1. The minimum Gasteiger partial charge on any atom is -0.442 e. The van der Waals surface area contributed by atoms with Crippen LogP contribution in [0.2, 0.25) is 0 Å². The number of halogens is 2. The van der Waals surface area contributed by atoms with Crippen LogP contribution in [0.1, 0.15) is 26.7 Å². The molecule has 0 radical (unpaired) electrons. The first-order valence-corrected chi connectivity index (χ1v) is 8.65. The van der Waals surface area contributed by atoms with Gasteiger partial charge in [0.25, 0.3) is 11.8 Å². The Morgan fingerprint density at radius 3 is 2.30 bits per heavy atom. The lowest BCUT2D eigenvalue weighted by atomic mass is 10.4. The van der Waals surface area contributed by atoms with E-state index in [0.717, 1.165) is 0 Å². The third-order valence-corrected chi connectivity index (χ3v) is 4.06. The Labute approximate surface area is 152 Å². The highest BCUT2D eigenvalue weighted by Crippen LogP contribution is 2.27. The van der Waals surface area contributed by atoms with E-state index in [1.54, 1.807) is 0 Å². The van der Waals surface area contributed by atoms with Crippen LogP contribution in [0.5, 0.6) is 0 Å². The molecule has 0 aromatic carbocycles. The minimum absolute atomic E-state index is 0.0119. The number of rotatable bonds is 8. The number of carbonyl (C=O) groups excluding carboxylic acids is 4. The van der Waals surface area contributed by atoms with Gasteiger partial charge in [-0.1, -0.05) is 6.58 Å². The van der Waals surface area contributed by atoms with Gasteiger partial charge < -0.3 is 9.47 Å². The van der Waals surface area contributed by atoms with Gasteiger partial charge >= 0.3 is 27.4 Å². The molecule has 1 fully saturated rings. The van der Waals surface area contributed by atoms with Crippen LogP contribution >= 0.6 is 0 Å². The summed E-state index contributed by atoms with van der Waals surface area (Å²) >= 11 is 0. The van der Waals surface area contributed by atoms with E-state index in [1.807, 2.05) is 5.32 Å². The monoisotopic (exact) mass is 414 g/mol. The summed E-state index contributed by atoms with van der Waals surface area (Å²) in [5, 5.41) is -3.22.